The molecule has 0 aromatic heterocycles. The van der Waals surface area contributed by atoms with Gasteiger partial charge in [0.1, 0.15) is 5.75 Å². The minimum absolute atomic E-state index is 0.339. The second kappa shape index (κ2) is 6.92. The van der Waals surface area contributed by atoms with Crippen molar-refractivity contribution in [1.29, 1.82) is 0 Å². The van der Waals surface area contributed by atoms with Crippen molar-refractivity contribution < 1.29 is 4.74 Å². The number of halogens is 1. The molecule has 1 aliphatic rings. The molecular formula is C16H25BrN2O. The third-order valence-electron chi connectivity index (χ3n) is 4.51. The molecule has 1 aromatic rings. The van der Waals surface area contributed by atoms with Crippen molar-refractivity contribution in [3.63, 3.8) is 0 Å². The second-order valence-electron chi connectivity index (χ2n) is 5.89. The SMILES string of the molecule is COc1ccc(Br)c(CNCC2(N(C)C)CCCC2)c1. The second-order valence-corrected chi connectivity index (χ2v) is 6.74. The molecule has 0 atom stereocenters. The normalized spacial score (nSPS) is 17.6. The van der Waals surface area contributed by atoms with Crippen molar-refractivity contribution in [2.24, 2.45) is 0 Å². The van der Waals surface area contributed by atoms with E-state index < -0.39 is 0 Å². The van der Waals surface area contributed by atoms with Crippen LogP contribution in [0.1, 0.15) is 31.2 Å². The smallest absolute Gasteiger partial charge is 0.119 e. The minimum Gasteiger partial charge on any atom is -0.497 e. The van der Waals surface area contributed by atoms with Gasteiger partial charge in [0.2, 0.25) is 0 Å². The molecule has 0 amide bonds. The lowest BCUT2D eigenvalue weighted by Gasteiger charge is -2.36. The number of methoxy groups -OCH3 is 1. The first-order chi connectivity index (χ1) is 9.57. The molecular weight excluding hydrogens is 316 g/mol. The summed E-state index contributed by atoms with van der Waals surface area (Å²) in [5.74, 6) is 0.910. The van der Waals surface area contributed by atoms with Crippen LogP contribution in [0.5, 0.6) is 5.75 Å². The molecule has 0 bridgehead atoms. The summed E-state index contributed by atoms with van der Waals surface area (Å²) in [6, 6.07) is 6.12. The van der Waals surface area contributed by atoms with Crippen LogP contribution in [-0.2, 0) is 6.54 Å². The van der Waals surface area contributed by atoms with Crippen LogP contribution in [0.3, 0.4) is 0 Å². The van der Waals surface area contributed by atoms with Gasteiger partial charge in [-0.2, -0.15) is 0 Å². The van der Waals surface area contributed by atoms with Crippen LogP contribution >= 0.6 is 15.9 Å². The van der Waals surface area contributed by atoms with Gasteiger partial charge in [-0.1, -0.05) is 28.8 Å². The predicted octanol–water partition coefficient (Wildman–Crippen LogP) is 3.42. The molecule has 20 heavy (non-hydrogen) atoms. The van der Waals surface area contributed by atoms with Crippen molar-refractivity contribution in [2.45, 2.75) is 37.8 Å². The average Bonchev–Trinajstić information content (AvgIpc) is 2.91. The molecule has 2 rings (SSSR count). The number of rotatable bonds is 6. The van der Waals surface area contributed by atoms with Crippen LogP contribution in [0.2, 0.25) is 0 Å². The maximum Gasteiger partial charge on any atom is 0.119 e. The summed E-state index contributed by atoms with van der Waals surface area (Å²) in [5, 5.41) is 3.63. The van der Waals surface area contributed by atoms with Crippen LogP contribution in [-0.4, -0.2) is 38.2 Å². The van der Waals surface area contributed by atoms with Crippen molar-refractivity contribution >= 4 is 15.9 Å². The van der Waals surface area contributed by atoms with Gasteiger partial charge < -0.3 is 15.0 Å². The first-order valence-corrected chi connectivity index (χ1v) is 8.07. The summed E-state index contributed by atoms with van der Waals surface area (Å²) < 4.78 is 6.43. The third kappa shape index (κ3) is 3.54. The maximum atomic E-state index is 5.29. The third-order valence-corrected chi connectivity index (χ3v) is 5.28. The highest BCUT2D eigenvalue weighted by atomic mass is 79.9. The standard InChI is InChI=1S/C16H25BrN2O/c1-19(2)16(8-4-5-9-16)12-18-11-13-10-14(20-3)6-7-15(13)17/h6-7,10,18H,4-5,8-9,11-12H2,1-3H3. The molecule has 0 unspecified atom stereocenters. The van der Waals surface area contributed by atoms with E-state index in [0.717, 1.165) is 23.3 Å². The first-order valence-electron chi connectivity index (χ1n) is 7.28. The van der Waals surface area contributed by atoms with Crippen LogP contribution < -0.4 is 10.1 Å². The van der Waals surface area contributed by atoms with Crippen molar-refractivity contribution in [3.8, 4) is 5.75 Å². The van der Waals surface area contributed by atoms with Gasteiger partial charge >= 0.3 is 0 Å². The Hall–Kier alpha value is -0.580. The number of likely N-dealkylation sites (N-methyl/N-ethyl adjacent to an activating group) is 1. The molecule has 1 N–H and O–H groups in total. The molecule has 112 valence electrons. The van der Waals surface area contributed by atoms with E-state index in [0.29, 0.717) is 5.54 Å². The van der Waals surface area contributed by atoms with E-state index >= 15 is 0 Å². The maximum absolute atomic E-state index is 5.29. The summed E-state index contributed by atoms with van der Waals surface area (Å²) in [6.45, 7) is 1.91. The van der Waals surface area contributed by atoms with E-state index in [1.54, 1.807) is 7.11 Å². The highest BCUT2D eigenvalue weighted by Gasteiger charge is 2.35. The number of ether oxygens (including phenoxy) is 1. The van der Waals surface area contributed by atoms with Gasteiger partial charge in [0, 0.05) is 23.1 Å². The molecule has 0 aliphatic heterocycles. The summed E-state index contributed by atoms with van der Waals surface area (Å²) in [6.07, 6.45) is 5.30. The fourth-order valence-electron chi connectivity index (χ4n) is 3.06. The summed E-state index contributed by atoms with van der Waals surface area (Å²) in [5.41, 5.74) is 1.59. The number of nitrogens with one attached hydrogen (secondary N) is 1. The molecule has 0 saturated heterocycles. The Morgan fingerprint density at radius 3 is 2.60 bits per heavy atom. The minimum atomic E-state index is 0.339. The van der Waals surface area contributed by atoms with E-state index in [1.807, 2.05) is 12.1 Å². The van der Waals surface area contributed by atoms with Crippen LogP contribution in [0.15, 0.2) is 22.7 Å². The van der Waals surface area contributed by atoms with E-state index in [-0.39, 0.29) is 0 Å². The lowest BCUT2D eigenvalue weighted by atomic mass is 9.96. The monoisotopic (exact) mass is 340 g/mol. The van der Waals surface area contributed by atoms with Crippen LogP contribution in [0.25, 0.3) is 0 Å². The zero-order chi connectivity index (χ0) is 14.6. The molecule has 1 aliphatic carbocycles. The fourth-order valence-corrected chi connectivity index (χ4v) is 3.45. The Bertz CT molecular complexity index is 442. The molecule has 0 radical (unpaired) electrons. The van der Waals surface area contributed by atoms with Gasteiger partial charge in [0.15, 0.2) is 0 Å². The Morgan fingerprint density at radius 1 is 1.30 bits per heavy atom. The Balaban J connectivity index is 1.95. The van der Waals surface area contributed by atoms with Gasteiger partial charge in [-0.3, -0.25) is 0 Å². The fraction of sp³-hybridized carbons (Fsp3) is 0.625. The van der Waals surface area contributed by atoms with Crippen molar-refractivity contribution in [1.82, 2.24) is 10.2 Å². The molecule has 4 heteroatoms. The summed E-state index contributed by atoms with van der Waals surface area (Å²) in [4.78, 5) is 2.40. The topological polar surface area (TPSA) is 24.5 Å². The molecule has 0 heterocycles. The van der Waals surface area contributed by atoms with Gasteiger partial charge in [-0.05, 0) is 50.7 Å². The Morgan fingerprint density at radius 2 is 2.00 bits per heavy atom. The molecule has 1 fully saturated rings. The molecule has 1 saturated carbocycles. The number of hydrogen-bond donors (Lipinski definition) is 1. The molecule has 1 aromatic carbocycles. The van der Waals surface area contributed by atoms with Crippen molar-refractivity contribution in [2.75, 3.05) is 27.7 Å². The van der Waals surface area contributed by atoms with Crippen molar-refractivity contribution in [3.05, 3.63) is 28.2 Å². The quantitative estimate of drug-likeness (QED) is 0.858. The highest BCUT2D eigenvalue weighted by Crippen LogP contribution is 2.33. The Kier molecular flexibility index (Phi) is 5.47. The number of benzene rings is 1. The van der Waals surface area contributed by atoms with Crippen LogP contribution in [0.4, 0.5) is 0 Å². The highest BCUT2D eigenvalue weighted by molar-refractivity contribution is 9.10. The summed E-state index contributed by atoms with van der Waals surface area (Å²) in [7, 11) is 6.11. The van der Waals surface area contributed by atoms with E-state index in [4.69, 9.17) is 4.74 Å². The number of hydrogen-bond acceptors (Lipinski definition) is 3. The lowest BCUT2D eigenvalue weighted by Crippen LogP contribution is -2.49. The lowest BCUT2D eigenvalue weighted by molar-refractivity contribution is 0.153. The first kappa shape index (κ1) is 15.8. The summed E-state index contributed by atoms with van der Waals surface area (Å²) >= 11 is 3.61. The van der Waals surface area contributed by atoms with E-state index in [1.165, 1.54) is 31.2 Å². The van der Waals surface area contributed by atoms with Gasteiger partial charge in [-0.15, -0.1) is 0 Å². The van der Waals surface area contributed by atoms with Gasteiger partial charge in [0.05, 0.1) is 7.11 Å². The average molecular weight is 341 g/mol. The van der Waals surface area contributed by atoms with Gasteiger partial charge in [-0.25, -0.2) is 0 Å². The molecule has 3 nitrogen and oxygen atoms in total. The van der Waals surface area contributed by atoms with E-state index in [2.05, 4.69) is 46.3 Å². The van der Waals surface area contributed by atoms with E-state index in [9.17, 15) is 0 Å². The Labute approximate surface area is 130 Å². The largest absolute Gasteiger partial charge is 0.497 e. The van der Waals surface area contributed by atoms with Gasteiger partial charge in [0.25, 0.3) is 0 Å². The van der Waals surface area contributed by atoms with Crippen LogP contribution in [0, 0.1) is 0 Å². The number of nitrogens with zero attached hydrogens (tertiary/aromatic N) is 1. The zero-order valence-electron chi connectivity index (χ0n) is 12.7. The molecule has 0 spiro atoms. The predicted molar refractivity (Wildman–Crippen MR) is 87.3 cm³/mol. The zero-order valence-corrected chi connectivity index (χ0v) is 14.3.